The number of hydrogen-bond acceptors (Lipinski definition) is 1. The second kappa shape index (κ2) is 1.90. The van der Waals surface area contributed by atoms with E-state index in [4.69, 9.17) is 0 Å². The van der Waals surface area contributed by atoms with Gasteiger partial charge in [0.05, 0.1) is 0 Å². The van der Waals surface area contributed by atoms with Crippen LogP contribution in [0.4, 0.5) is 0 Å². The first-order valence-electron chi connectivity index (χ1n) is 3.57. The zero-order chi connectivity index (χ0) is 6.10. The summed E-state index contributed by atoms with van der Waals surface area (Å²) in [5.74, 6) is 0. The summed E-state index contributed by atoms with van der Waals surface area (Å²) in [5.41, 5.74) is 0. The summed E-state index contributed by atoms with van der Waals surface area (Å²) in [6, 6.07) is 0.845. The van der Waals surface area contributed by atoms with Crippen LogP contribution in [0.15, 0.2) is 24.6 Å². The van der Waals surface area contributed by atoms with E-state index in [0.717, 1.165) is 12.5 Å². The molecule has 0 aromatic heterocycles. The molecular formula is C8H11N. The average Bonchev–Trinajstić information content (AvgIpc) is 2.71. The molecule has 0 atom stereocenters. The average molecular weight is 121 g/mol. The molecular weight excluding hydrogens is 110 g/mol. The first-order chi connectivity index (χ1) is 4.47. The SMILES string of the molecule is C1=CN(C2CC2)C=CC1. The summed E-state index contributed by atoms with van der Waals surface area (Å²) < 4.78 is 0. The molecule has 0 unspecified atom stereocenters. The fraction of sp³-hybridized carbons (Fsp3) is 0.500. The predicted molar refractivity (Wildman–Crippen MR) is 37.8 cm³/mol. The van der Waals surface area contributed by atoms with Crippen LogP contribution in [0, 0.1) is 0 Å². The Bertz CT molecular complexity index is 142. The molecule has 0 saturated heterocycles. The minimum absolute atomic E-state index is 0.845. The van der Waals surface area contributed by atoms with Crippen LogP contribution >= 0.6 is 0 Å². The molecule has 1 saturated carbocycles. The summed E-state index contributed by atoms with van der Waals surface area (Å²) in [4.78, 5) is 2.31. The molecule has 1 nitrogen and oxygen atoms in total. The van der Waals surface area contributed by atoms with Crippen molar-refractivity contribution in [2.24, 2.45) is 0 Å². The molecule has 2 rings (SSSR count). The third-order valence-electron chi connectivity index (χ3n) is 1.80. The quantitative estimate of drug-likeness (QED) is 0.512. The number of allylic oxidation sites excluding steroid dienone is 2. The Labute approximate surface area is 55.7 Å². The second-order valence-electron chi connectivity index (χ2n) is 2.68. The minimum Gasteiger partial charge on any atom is -0.352 e. The van der Waals surface area contributed by atoms with Gasteiger partial charge in [-0.1, -0.05) is 12.2 Å². The van der Waals surface area contributed by atoms with Gasteiger partial charge >= 0.3 is 0 Å². The molecule has 0 N–H and O–H groups in total. The monoisotopic (exact) mass is 121 g/mol. The van der Waals surface area contributed by atoms with Gasteiger partial charge in [-0.2, -0.15) is 0 Å². The molecule has 1 heteroatoms. The van der Waals surface area contributed by atoms with Crippen molar-refractivity contribution >= 4 is 0 Å². The first kappa shape index (κ1) is 5.10. The topological polar surface area (TPSA) is 3.24 Å². The highest BCUT2D eigenvalue weighted by atomic mass is 15.1. The standard InChI is InChI=1S/C8H11N/c1-2-6-9(7-3-1)8-4-5-8/h2-3,6-8H,1,4-5H2. The van der Waals surface area contributed by atoms with Crippen molar-refractivity contribution in [1.29, 1.82) is 0 Å². The zero-order valence-corrected chi connectivity index (χ0v) is 5.46. The van der Waals surface area contributed by atoms with E-state index in [1.54, 1.807) is 0 Å². The van der Waals surface area contributed by atoms with E-state index in [1.807, 2.05) is 0 Å². The van der Waals surface area contributed by atoms with Crippen molar-refractivity contribution in [1.82, 2.24) is 4.90 Å². The molecule has 1 heterocycles. The van der Waals surface area contributed by atoms with Crippen LogP contribution < -0.4 is 0 Å². The van der Waals surface area contributed by atoms with Gasteiger partial charge in [0.2, 0.25) is 0 Å². The van der Waals surface area contributed by atoms with Gasteiger partial charge in [-0.3, -0.25) is 0 Å². The Morgan fingerprint density at radius 2 is 1.78 bits per heavy atom. The van der Waals surface area contributed by atoms with Gasteiger partial charge in [0.1, 0.15) is 0 Å². The van der Waals surface area contributed by atoms with E-state index < -0.39 is 0 Å². The van der Waals surface area contributed by atoms with Gasteiger partial charge in [0, 0.05) is 18.4 Å². The van der Waals surface area contributed by atoms with E-state index in [9.17, 15) is 0 Å². The van der Waals surface area contributed by atoms with Crippen LogP contribution in [-0.2, 0) is 0 Å². The van der Waals surface area contributed by atoms with Crippen LogP contribution in [0.5, 0.6) is 0 Å². The molecule has 0 radical (unpaired) electrons. The molecule has 48 valence electrons. The van der Waals surface area contributed by atoms with E-state index >= 15 is 0 Å². The largest absolute Gasteiger partial charge is 0.352 e. The third-order valence-corrected chi connectivity index (χ3v) is 1.80. The maximum absolute atomic E-state index is 2.31. The zero-order valence-electron chi connectivity index (χ0n) is 5.46. The highest BCUT2D eigenvalue weighted by Crippen LogP contribution is 2.28. The van der Waals surface area contributed by atoms with Gasteiger partial charge in [-0.05, 0) is 19.3 Å². The van der Waals surface area contributed by atoms with Crippen molar-refractivity contribution < 1.29 is 0 Å². The first-order valence-corrected chi connectivity index (χ1v) is 3.57. The lowest BCUT2D eigenvalue weighted by molar-refractivity contribution is 0.488. The lowest BCUT2D eigenvalue weighted by atomic mass is 10.3. The van der Waals surface area contributed by atoms with Gasteiger partial charge in [-0.25, -0.2) is 0 Å². The van der Waals surface area contributed by atoms with E-state index in [0.29, 0.717) is 0 Å². The van der Waals surface area contributed by atoms with Crippen LogP contribution in [0.2, 0.25) is 0 Å². The van der Waals surface area contributed by atoms with Crippen molar-refractivity contribution in [3.63, 3.8) is 0 Å². The summed E-state index contributed by atoms with van der Waals surface area (Å²) >= 11 is 0. The Hall–Kier alpha value is -0.720. The van der Waals surface area contributed by atoms with Crippen LogP contribution in [0.1, 0.15) is 19.3 Å². The maximum Gasteiger partial charge on any atom is 0.0331 e. The molecule has 1 aliphatic carbocycles. The second-order valence-corrected chi connectivity index (χ2v) is 2.68. The fourth-order valence-electron chi connectivity index (χ4n) is 1.11. The smallest absolute Gasteiger partial charge is 0.0331 e. The van der Waals surface area contributed by atoms with Gasteiger partial charge < -0.3 is 4.90 Å². The van der Waals surface area contributed by atoms with Crippen LogP contribution in [0.3, 0.4) is 0 Å². The normalized spacial score (nSPS) is 25.1. The highest BCUT2D eigenvalue weighted by Gasteiger charge is 2.25. The predicted octanol–water partition coefficient (Wildman–Crippen LogP) is 1.88. The Morgan fingerprint density at radius 1 is 1.11 bits per heavy atom. The number of rotatable bonds is 1. The summed E-state index contributed by atoms with van der Waals surface area (Å²) in [5, 5.41) is 0. The summed E-state index contributed by atoms with van der Waals surface area (Å²) in [7, 11) is 0. The van der Waals surface area contributed by atoms with Crippen molar-refractivity contribution in [2.75, 3.05) is 0 Å². The number of nitrogens with zero attached hydrogens (tertiary/aromatic N) is 1. The molecule has 2 aliphatic rings. The van der Waals surface area contributed by atoms with Crippen LogP contribution in [0.25, 0.3) is 0 Å². The van der Waals surface area contributed by atoms with Gasteiger partial charge in [-0.15, -0.1) is 0 Å². The Balaban J connectivity index is 2.01. The molecule has 0 aromatic rings. The lowest BCUT2D eigenvalue weighted by Gasteiger charge is -2.16. The molecule has 0 spiro atoms. The van der Waals surface area contributed by atoms with E-state index in [-0.39, 0.29) is 0 Å². The summed E-state index contributed by atoms with van der Waals surface area (Å²) in [6.45, 7) is 0. The molecule has 0 aromatic carbocycles. The maximum atomic E-state index is 2.31. The summed E-state index contributed by atoms with van der Waals surface area (Å²) in [6.07, 6.45) is 12.7. The van der Waals surface area contributed by atoms with E-state index in [2.05, 4.69) is 29.5 Å². The van der Waals surface area contributed by atoms with Crippen molar-refractivity contribution in [2.45, 2.75) is 25.3 Å². The minimum atomic E-state index is 0.845. The number of hydrogen-bond donors (Lipinski definition) is 0. The molecule has 1 aliphatic heterocycles. The molecule has 1 fully saturated rings. The molecule has 9 heavy (non-hydrogen) atoms. The van der Waals surface area contributed by atoms with Gasteiger partial charge in [0.25, 0.3) is 0 Å². The molecule has 0 amide bonds. The highest BCUT2D eigenvalue weighted by molar-refractivity contribution is 5.06. The van der Waals surface area contributed by atoms with Crippen molar-refractivity contribution in [3.8, 4) is 0 Å². The van der Waals surface area contributed by atoms with Gasteiger partial charge in [0.15, 0.2) is 0 Å². The fourth-order valence-corrected chi connectivity index (χ4v) is 1.11. The lowest BCUT2D eigenvalue weighted by Crippen LogP contribution is -2.12. The van der Waals surface area contributed by atoms with Crippen LogP contribution in [-0.4, -0.2) is 10.9 Å². The molecule has 0 bridgehead atoms. The Morgan fingerprint density at radius 3 is 2.33 bits per heavy atom. The van der Waals surface area contributed by atoms with Crippen molar-refractivity contribution in [3.05, 3.63) is 24.6 Å². The van der Waals surface area contributed by atoms with E-state index in [1.165, 1.54) is 12.8 Å². The Kier molecular flexibility index (Phi) is 1.08. The third kappa shape index (κ3) is 0.995.